The van der Waals surface area contributed by atoms with Gasteiger partial charge in [0.1, 0.15) is 0 Å². The summed E-state index contributed by atoms with van der Waals surface area (Å²) in [5.41, 5.74) is 4.85. The van der Waals surface area contributed by atoms with Crippen LogP contribution in [0.1, 0.15) is 20.8 Å². The van der Waals surface area contributed by atoms with Crippen molar-refractivity contribution in [2.45, 2.75) is 20.8 Å². The zero-order chi connectivity index (χ0) is 7.54. The van der Waals surface area contributed by atoms with Gasteiger partial charge in [-0.1, -0.05) is 6.08 Å². The summed E-state index contributed by atoms with van der Waals surface area (Å²) in [5, 5.41) is 0. The minimum Gasteiger partial charge on any atom is -0.405 e. The van der Waals surface area contributed by atoms with Gasteiger partial charge < -0.3 is 5.73 Å². The lowest BCUT2D eigenvalue weighted by atomic mass is 10.7. The molecule has 0 fully saturated rings. The maximum absolute atomic E-state index is 4.85. The first kappa shape index (κ1) is 11.1. The highest BCUT2D eigenvalue weighted by atomic mass is 14.7. The van der Waals surface area contributed by atoms with Gasteiger partial charge in [0.15, 0.2) is 0 Å². The lowest BCUT2D eigenvalue weighted by molar-refractivity contribution is 1.14. The summed E-state index contributed by atoms with van der Waals surface area (Å²) in [7, 11) is 0. The molecular formula is C7H16N2. The molecule has 0 heterocycles. The minimum absolute atomic E-state index is 0.913. The van der Waals surface area contributed by atoms with Crippen LogP contribution in [0.5, 0.6) is 0 Å². The molecule has 2 nitrogen and oxygen atoms in total. The van der Waals surface area contributed by atoms with E-state index in [0.717, 1.165) is 6.54 Å². The van der Waals surface area contributed by atoms with Crippen molar-refractivity contribution in [3.05, 3.63) is 12.3 Å². The highest BCUT2D eigenvalue weighted by Gasteiger charge is 1.51. The van der Waals surface area contributed by atoms with Gasteiger partial charge in [0, 0.05) is 6.54 Å². The molecule has 0 radical (unpaired) electrons. The zero-order valence-corrected chi connectivity index (χ0v) is 6.46. The van der Waals surface area contributed by atoms with Crippen molar-refractivity contribution in [2.24, 2.45) is 10.7 Å². The third-order valence-electron chi connectivity index (χ3n) is 0.558. The lowest BCUT2D eigenvalue weighted by Gasteiger charge is -1.68. The molecule has 9 heavy (non-hydrogen) atoms. The van der Waals surface area contributed by atoms with Crippen molar-refractivity contribution in [3.8, 4) is 0 Å². The zero-order valence-electron chi connectivity index (χ0n) is 6.46. The number of nitrogens with zero attached hydrogens (tertiary/aromatic N) is 1. The van der Waals surface area contributed by atoms with Gasteiger partial charge in [-0.15, -0.1) is 0 Å². The van der Waals surface area contributed by atoms with Gasteiger partial charge in [-0.2, -0.15) is 0 Å². The molecule has 0 aromatic rings. The molecule has 0 saturated heterocycles. The number of allylic oxidation sites excluding steroid dienone is 1. The van der Waals surface area contributed by atoms with Crippen LogP contribution in [-0.2, 0) is 0 Å². The third-order valence-corrected chi connectivity index (χ3v) is 0.558. The largest absolute Gasteiger partial charge is 0.405 e. The van der Waals surface area contributed by atoms with Crippen LogP contribution in [0.4, 0.5) is 0 Å². The molecule has 0 aromatic heterocycles. The van der Waals surface area contributed by atoms with E-state index in [1.165, 1.54) is 6.20 Å². The van der Waals surface area contributed by atoms with Crippen LogP contribution in [0.25, 0.3) is 0 Å². The monoisotopic (exact) mass is 128 g/mol. The number of aliphatic imine (C=N–C) groups is 1. The predicted octanol–water partition coefficient (Wildman–Crippen LogP) is 1.58. The van der Waals surface area contributed by atoms with Crippen LogP contribution in [0.15, 0.2) is 17.3 Å². The summed E-state index contributed by atoms with van der Waals surface area (Å²) in [6.45, 7) is 6.72. The van der Waals surface area contributed by atoms with Crippen molar-refractivity contribution in [3.63, 3.8) is 0 Å². The first-order chi connectivity index (χ1) is 4.33. The van der Waals surface area contributed by atoms with Crippen LogP contribution >= 0.6 is 0 Å². The Morgan fingerprint density at radius 2 is 1.89 bits per heavy atom. The fourth-order valence-electron chi connectivity index (χ4n) is 0.183. The standard InChI is InChI=1S/C4H9N.C3H7N/c1-3-5-4-2;1-2-3-4/h3H,4H2,1-2H3;2-3H,4H2,1H3/b;3-2+. The number of hydrogen-bond acceptors (Lipinski definition) is 2. The lowest BCUT2D eigenvalue weighted by Crippen LogP contribution is -1.70. The number of rotatable bonds is 1. The van der Waals surface area contributed by atoms with Crippen LogP contribution in [0.3, 0.4) is 0 Å². The fraction of sp³-hybridized carbons (Fsp3) is 0.571. The van der Waals surface area contributed by atoms with E-state index in [4.69, 9.17) is 5.73 Å². The van der Waals surface area contributed by atoms with Crippen molar-refractivity contribution in [1.29, 1.82) is 0 Å². The molecule has 0 saturated carbocycles. The van der Waals surface area contributed by atoms with E-state index in [1.54, 1.807) is 12.3 Å². The Morgan fingerprint density at radius 3 is 1.89 bits per heavy atom. The van der Waals surface area contributed by atoms with E-state index in [9.17, 15) is 0 Å². The second-order valence-corrected chi connectivity index (χ2v) is 1.28. The molecule has 0 aromatic carbocycles. The number of hydrogen-bond donors (Lipinski definition) is 1. The summed E-state index contributed by atoms with van der Waals surface area (Å²) >= 11 is 0. The van der Waals surface area contributed by atoms with Gasteiger partial charge in [0.25, 0.3) is 0 Å². The Bertz CT molecular complexity index is 71.0. The van der Waals surface area contributed by atoms with Crippen LogP contribution in [0, 0.1) is 0 Å². The summed E-state index contributed by atoms with van der Waals surface area (Å²) in [6.07, 6.45) is 5.08. The first-order valence-electron chi connectivity index (χ1n) is 3.10. The predicted molar refractivity (Wildman–Crippen MR) is 43.7 cm³/mol. The average Bonchev–Trinajstić information content (AvgIpc) is 1.91. The molecule has 54 valence electrons. The van der Waals surface area contributed by atoms with Gasteiger partial charge in [-0.05, 0) is 33.2 Å². The Hall–Kier alpha value is -0.790. The fourth-order valence-corrected chi connectivity index (χ4v) is 0.183. The molecule has 0 rings (SSSR count). The molecule has 0 aliphatic heterocycles. The summed E-state index contributed by atoms with van der Waals surface area (Å²) in [6, 6.07) is 0. The van der Waals surface area contributed by atoms with Gasteiger partial charge in [-0.3, -0.25) is 4.99 Å². The maximum atomic E-state index is 4.85. The Balaban J connectivity index is 0. The van der Waals surface area contributed by atoms with E-state index in [0.29, 0.717) is 0 Å². The van der Waals surface area contributed by atoms with E-state index in [1.807, 2.05) is 20.8 Å². The van der Waals surface area contributed by atoms with Crippen LogP contribution in [0.2, 0.25) is 0 Å². The molecule has 0 bridgehead atoms. The van der Waals surface area contributed by atoms with Crippen molar-refractivity contribution in [1.82, 2.24) is 0 Å². The molecule has 0 spiro atoms. The number of nitrogens with two attached hydrogens (primary N) is 1. The van der Waals surface area contributed by atoms with Crippen molar-refractivity contribution in [2.75, 3.05) is 6.54 Å². The van der Waals surface area contributed by atoms with E-state index >= 15 is 0 Å². The van der Waals surface area contributed by atoms with Gasteiger partial charge >= 0.3 is 0 Å². The topological polar surface area (TPSA) is 38.4 Å². The SMILES string of the molecule is C/C=C/N.CC=NCC. The second-order valence-electron chi connectivity index (χ2n) is 1.28. The van der Waals surface area contributed by atoms with Gasteiger partial charge in [0.05, 0.1) is 0 Å². The van der Waals surface area contributed by atoms with Gasteiger partial charge in [0.2, 0.25) is 0 Å². The third kappa shape index (κ3) is 40.1. The molecular weight excluding hydrogens is 112 g/mol. The van der Waals surface area contributed by atoms with E-state index < -0.39 is 0 Å². The molecule has 2 heteroatoms. The van der Waals surface area contributed by atoms with E-state index in [-0.39, 0.29) is 0 Å². The molecule has 0 atom stereocenters. The Labute approximate surface area is 57.5 Å². The first-order valence-corrected chi connectivity index (χ1v) is 3.10. The molecule has 0 aliphatic rings. The van der Waals surface area contributed by atoms with Gasteiger partial charge in [-0.25, -0.2) is 0 Å². The highest BCUT2D eigenvalue weighted by molar-refractivity contribution is 5.52. The summed E-state index contributed by atoms with van der Waals surface area (Å²) in [4.78, 5) is 3.85. The second kappa shape index (κ2) is 15.7. The normalized spacial score (nSPS) is 9.67. The van der Waals surface area contributed by atoms with E-state index in [2.05, 4.69) is 4.99 Å². The summed E-state index contributed by atoms with van der Waals surface area (Å²) in [5.74, 6) is 0. The molecule has 0 unspecified atom stereocenters. The van der Waals surface area contributed by atoms with Crippen molar-refractivity contribution < 1.29 is 0 Å². The quantitative estimate of drug-likeness (QED) is 0.535. The molecule has 0 aliphatic carbocycles. The highest BCUT2D eigenvalue weighted by Crippen LogP contribution is 1.57. The molecule has 0 amide bonds. The average molecular weight is 128 g/mol. The van der Waals surface area contributed by atoms with Crippen LogP contribution < -0.4 is 5.73 Å². The minimum atomic E-state index is 0.913. The maximum Gasteiger partial charge on any atom is 0.0356 e. The Kier molecular flexibility index (Phi) is 19.3. The summed E-state index contributed by atoms with van der Waals surface area (Å²) < 4.78 is 0. The van der Waals surface area contributed by atoms with Crippen LogP contribution in [-0.4, -0.2) is 12.8 Å². The smallest absolute Gasteiger partial charge is 0.0356 e. The van der Waals surface area contributed by atoms with Crippen molar-refractivity contribution >= 4 is 6.21 Å². The Morgan fingerprint density at radius 1 is 1.44 bits per heavy atom. The molecule has 2 N–H and O–H groups in total.